The molecule has 0 bridgehead atoms. The van der Waals surface area contributed by atoms with Crippen molar-refractivity contribution in [2.45, 2.75) is 17.2 Å². The first kappa shape index (κ1) is 16.8. The second-order valence-electron chi connectivity index (χ2n) is 4.73. The van der Waals surface area contributed by atoms with Gasteiger partial charge in [0.2, 0.25) is 5.91 Å². The Morgan fingerprint density at radius 2 is 2.14 bits per heavy atom. The van der Waals surface area contributed by atoms with Crippen molar-refractivity contribution in [2.75, 3.05) is 26.5 Å². The number of carbonyl (C=O) groups excluding carboxylic acids is 2. The summed E-state index contributed by atoms with van der Waals surface area (Å²) in [5.74, 6) is 0.146. The van der Waals surface area contributed by atoms with Crippen molar-refractivity contribution in [3.05, 3.63) is 24.3 Å². The van der Waals surface area contributed by atoms with Gasteiger partial charge in [0.05, 0.1) is 23.1 Å². The molecule has 0 atom stereocenters. The van der Waals surface area contributed by atoms with Gasteiger partial charge in [-0.05, 0) is 18.6 Å². The quantitative estimate of drug-likeness (QED) is 0.574. The van der Waals surface area contributed by atoms with Crippen LogP contribution in [0.3, 0.4) is 0 Å². The number of fused-ring (bicyclic) bond motifs is 1. The minimum atomic E-state index is -0.246. The van der Waals surface area contributed by atoms with Crippen LogP contribution in [0.25, 0.3) is 10.2 Å². The van der Waals surface area contributed by atoms with Crippen LogP contribution in [0.2, 0.25) is 0 Å². The van der Waals surface area contributed by atoms with E-state index in [0.717, 1.165) is 14.6 Å². The van der Waals surface area contributed by atoms with Crippen LogP contribution in [-0.2, 0) is 14.3 Å². The van der Waals surface area contributed by atoms with E-state index >= 15 is 0 Å². The predicted molar refractivity (Wildman–Crippen MR) is 89.2 cm³/mol. The number of esters is 1. The summed E-state index contributed by atoms with van der Waals surface area (Å²) in [7, 11) is 3.12. The third-order valence-electron chi connectivity index (χ3n) is 3.12. The summed E-state index contributed by atoms with van der Waals surface area (Å²) in [6, 6.07) is 7.93. The van der Waals surface area contributed by atoms with Gasteiger partial charge in [-0.3, -0.25) is 9.59 Å². The number of thioether (sulfide) groups is 1. The number of methoxy groups -OCH3 is 1. The van der Waals surface area contributed by atoms with Crippen LogP contribution >= 0.6 is 23.1 Å². The van der Waals surface area contributed by atoms with E-state index in [2.05, 4.69) is 9.72 Å². The van der Waals surface area contributed by atoms with Gasteiger partial charge in [-0.25, -0.2) is 4.98 Å². The van der Waals surface area contributed by atoms with Crippen LogP contribution in [0.4, 0.5) is 0 Å². The zero-order valence-electron chi connectivity index (χ0n) is 12.6. The molecule has 1 amide bonds. The second-order valence-corrected chi connectivity index (χ2v) is 6.98. The first-order valence-electron chi connectivity index (χ1n) is 6.89. The monoisotopic (exact) mass is 338 g/mol. The summed E-state index contributed by atoms with van der Waals surface area (Å²) in [5.41, 5.74) is 0.967. The summed E-state index contributed by atoms with van der Waals surface area (Å²) >= 11 is 3.05. The third kappa shape index (κ3) is 4.71. The number of para-hydroxylation sites is 1. The molecular weight excluding hydrogens is 320 g/mol. The highest BCUT2D eigenvalue weighted by molar-refractivity contribution is 8.01. The Balaban J connectivity index is 1.77. The maximum Gasteiger partial charge on any atom is 0.305 e. The standard InChI is InChI=1S/C15H18N2O3S2/c1-17(9-5-8-14(19)20-2)13(18)10-21-15-16-11-6-3-4-7-12(11)22-15/h3-4,6-7H,5,8-10H2,1-2H3. The lowest BCUT2D eigenvalue weighted by Crippen LogP contribution is -2.29. The van der Waals surface area contributed by atoms with E-state index in [1.165, 1.54) is 18.9 Å². The fourth-order valence-electron chi connectivity index (χ4n) is 1.83. The number of amides is 1. The van der Waals surface area contributed by atoms with Crippen LogP contribution in [0.1, 0.15) is 12.8 Å². The zero-order valence-corrected chi connectivity index (χ0v) is 14.2. The molecule has 0 N–H and O–H groups in total. The van der Waals surface area contributed by atoms with Crippen molar-refractivity contribution in [1.82, 2.24) is 9.88 Å². The first-order valence-corrected chi connectivity index (χ1v) is 8.69. The Morgan fingerprint density at radius 1 is 1.36 bits per heavy atom. The minimum Gasteiger partial charge on any atom is -0.469 e. The Kier molecular flexibility index (Phi) is 6.21. The van der Waals surface area contributed by atoms with Crippen LogP contribution in [0.15, 0.2) is 28.6 Å². The third-order valence-corrected chi connectivity index (χ3v) is 5.29. The topological polar surface area (TPSA) is 59.5 Å². The highest BCUT2D eigenvalue weighted by atomic mass is 32.2. The van der Waals surface area contributed by atoms with Gasteiger partial charge in [-0.1, -0.05) is 23.9 Å². The van der Waals surface area contributed by atoms with Crippen LogP contribution in [0, 0.1) is 0 Å². The molecule has 1 aromatic carbocycles. The van der Waals surface area contributed by atoms with E-state index in [0.29, 0.717) is 25.1 Å². The molecule has 2 rings (SSSR count). The fourth-order valence-corrected chi connectivity index (χ4v) is 3.84. The highest BCUT2D eigenvalue weighted by Crippen LogP contribution is 2.29. The van der Waals surface area contributed by atoms with E-state index < -0.39 is 0 Å². The number of hydrogen-bond donors (Lipinski definition) is 0. The molecule has 0 saturated carbocycles. The van der Waals surface area contributed by atoms with Crippen molar-refractivity contribution in [3.63, 3.8) is 0 Å². The van der Waals surface area contributed by atoms with E-state index in [1.807, 2.05) is 24.3 Å². The molecule has 2 aromatic rings. The van der Waals surface area contributed by atoms with Gasteiger partial charge in [0, 0.05) is 20.0 Å². The smallest absolute Gasteiger partial charge is 0.305 e. The Morgan fingerprint density at radius 3 is 2.86 bits per heavy atom. The number of thiazole rings is 1. The van der Waals surface area contributed by atoms with E-state index in [-0.39, 0.29) is 11.9 Å². The van der Waals surface area contributed by atoms with Gasteiger partial charge in [0.1, 0.15) is 0 Å². The molecule has 7 heteroatoms. The second kappa shape index (κ2) is 8.14. The molecule has 0 aliphatic carbocycles. The lowest BCUT2D eigenvalue weighted by molar-refractivity contribution is -0.141. The van der Waals surface area contributed by atoms with Crippen LogP contribution < -0.4 is 0 Å². The fraction of sp³-hybridized carbons (Fsp3) is 0.400. The molecule has 0 aliphatic rings. The van der Waals surface area contributed by atoms with Gasteiger partial charge < -0.3 is 9.64 Å². The number of nitrogens with zero attached hydrogens (tertiary/aromatic N) is 2. The van der Waals surface area contributed by atoms with Crippen molar-refractivity contribution in [3.8, 4) is 0 Å². The molecule has 0 saturated heterocycles. The first-order chi connectivity index (χ1) is 10.6. The van der Waals surface area contributed by atoms with Gasteiger partial charge in [-0.15, -0.1) is 11.3 Å². The summed E-state index contributed by atoms with van der Waals surface area (Å²) < 4.78 is 6.60. The average Bonchev–Trinajstić information content (AvgIpc) is 2.95. The number of ether oxygens (including phenoxy) is 1. The number of benzene rings is 1. The predicted octanol–water partition coefficient (Wildman–Crippen LogP) is 2.80. The molecule has 0 radical (unpaired) electrons. The summed E-state index contributed by atoms with van der Waals surface area (Å²) in [4.78, 5) is 29.2. The molecule has 22 heavy (non-hydrogen) atoms. The van der Waals surface area contributed by atoms with Crippen molar-refractivity contribution in [1.29, 1.82) is 0 Å². The summed E-state index contributed by atoms with van der Waals surface area (Å²) in [6.07, 6.45) is 0.944. The maximum absolute atomic E-state index is 12.0. The number of aromatic nitrogens is 1. The van der Waals surface area contributed by atoms with Crippen molar-refractivity contribution < 1.29 is 14.3 Å². The van der Waals surface area contributed by atoms with Crippen molar-refractivity contribution >= 4 is 45.2 Å². The normalized spacial score (nSPS) is 10.6. The number of rotatable bonds is 7. The maximum atomic E-state index is 12.0. The van der Waals surface area contributed by atoms with Crippen LogP contribution in [0.5, 0.6) is 0 Å². The molecule has 0 aliphatic heterocycles. The largest absolute Gasteiger partial charge is 0.469 e. The lowest BCUT2D eigenvalue weighted by atomic mass is 10.3. The number of carbonyl (C=O) groups is 2. The molecule has 0 fully saturated rings. The minimum absolute atomic E-state index is 0.0362. The molecule has 0 spiro atoms. The molecule has 118 valence electrons. The Hall–Kier alpha value is -1.60. The highest BCUT2D eigenvalue weighted by Gasteiger charge is 2.12. The SMILES string of the molecule is COC(=O)CCCN(C)C(=O)CSc1nc2ccccc2s1. The summed E-state index contributed by atoms with van der Waals surface area (Å²) in [5, 5.41) is 0. The van der Waals surface area contributed by atoms with Gasteiger partial charge >= 0.3 is 5.97 Å². The Labute approximate surface area is 137 Å². The summed E-state index contributed by atoms with van der Waals surface area (Å²) in [6.45, 7) is 0.550. The number of hydrogen-bond acceptors (Lipinski definition) is 6. The average molecular weight is 338 g/mol. The van der Waals surface area contributed by atoms with Crippen LogP contribution in [-0.4, -0.2) is 48.2 Å². The van der Waals surface area contributed by atoms with E-state index in [9.17, 15) is 9.59 Å². The molecule has 0 unspecified atom stereocenters. The zero-order chi connectivity index (χ0) is 15.9. The van der Waals surface area contributed by atoms with Gasteiger partial charge in [-0.2, -0.15) is 0 Å². The lowest BCUT2D eigenvalue weighted by Gasteiger charge is -2.16. The van der Waals surface area contributed by atoms with Gasteiger partial charge in [0.15, 0.2) is 4.34 Å². The Bertz CT molecular complexity index is 624. The molecule has 1 aromatic heterocycles. The van der Waals surface area contributed by atoms with E-state index in [4.69, 9.17) is 0 Å². The van der Waals surface area contributed by atoms with E-state index in [1.54, 1.807) is 23.3 Å². The molecule has 5 nitrogen and oxygen atoms in total. The van der Waals surface area contributed by atoms with Crippen molar-refractivity contribution in [2.24, 2.45) is 0 Å². The van der Waals surface area contributed by atoms with Gasteiger partial charge in [0.25, 0.3) is 0 Å². The molecule has 1 heterocycles. The molecular formula is C15H18N2O3S2.